The molecule has 0 atom stereocenters. The van der Waals surface area contributed by atoms with Crippen molar-refractivity contribution in [2.45, 2.75) is 25.8 Å². The molecular weight excluding hydrogens is 344 g/mol. The molecule has 3 rings (SSSR count). The quantitative estimate of drug-likeness (QED) is 0.616. The number of nitrogens with zero attached hydrogens (tertiary/aromatic N) is 6. The number of rotatable bonds is 8. The molecule has 6 nitrogen and oxygen atoms in total. The Labute approximate surface area is 150 Å². The summed E-state index contributed by atoms with van der Waals surface area (Å²) < 4.78 is 3.70. The van der Waals surface area contributed by atoms with Crippen molar-refractivity contribution >= 4 is 23.4 Å². The molecule has 126 valence electrons. The minimum Gasteiger partial charge on any atom is -0.253 e. The van der Waals surface area contributed by atoms with E-state index in [1.807, 2.05) is 33.6 Å². The van der Waals surface area contributed by atoms with Crippen LogP contribution in [0.3, 0.4) is 0 Å². The highest BCUT2D eigenvalue weighted by Crippen LogP contribution is 2.21. The Bertz CT molecular complexity index is 771. The van der Waals surface area contributed by atoms with Crippen molar-refractivity contribution in [3.05, 3.63) is 53.6 Å². The SMILES string of the molecule is CSCCc1nc(CCCn2cncn2)n(-c2ccccc2Cl)n1. The van der Waals surface area contributed by atoms with Gasteiger partial charge < -0.3 is 0 Å². The lowest BCUT2D eigenvalue weighted by Gasteiger charge is -2.07. The third kappa shape index (κ3) is 4.15. The standard InChI is InChI=1S/C16H19ClN6S/c1-24-10-8-15-20-16(7-4-9-22-12-18-11-19-22)23(21-15)14-6-3-2-5-13(14)17/h2-3,5-6,11-12H,4,7-10H2,1H3. The van der Waals surface area contributed by atoms with E-state index in [1.54, 1.807) is 24.4 Å². The van der Waals surface area contributed by atoms with Crippen molar-refractivity contribution < 1.29 is 0 Å². The van der Waals surface area contributed by atoms with Gasteiger partial charge in [0.1, 0.15) is 18.5 Å². The van der Waals surface area contributed by atoms with Crippen molar-refractivity contribution in [3.8, 4) is 5.69 Å². The lowest BCUT2D eigenvalue weighted by Crippen LogP contribution is -2.06. The van der Waals surface area contributed by atoms with E-state index in [0.29, 0.717) is 5.02 Å². The molecule has 0 saturated carbocycles. The van der Waals surface area contributed by atoms with Gasteiger partial charge in [-0.2, -0.15) is 22.0 Å². The third-order valence-corrected chi connectivity index (χ3v) is 4.51. The Morgan fingerprint density at radius 1 is 1.21 bits per heavy atom. The summed E-state index contributed by atoms with van der Waals surface area (Å²) in [5.74, 6) is 2.80. The topological polar surface area (TPSA) is 61.4 Å². The van der Waals surface area contributed by atoms with E-state index in [1.165, 1.54) is 0 Å². The van der Waals surface area contributed by atoms with E-state index in [0.717, 1.165) is 48.9 Å². The molecule has 0 aliphatic rings. The van der Waals surface area contributed by atoms with Crippen molar-refractivity contribution in [2.75, 3.05) is 12.0 Å². The fourth-order valence-electron chi connectivity index (χ4n) is 2.42. The van der Waals surface area contributed by atoms with Crippen LogP contribution >= 0.6 is 23.4 Å². The Kier molecular flexibility index (Phi) is 5.87. The number of para-hydroxylation sites is 1. The van der Waals surface area contributed by atoms with Crippen molar-refractivity contribution in [3.63, 3.8) is 0 Å². The van der Waals surface area contributed by atoms with Crippen LogP contribution in [0, 0.1) is 0 Å². The van der Waals surface area contributed by atoms with E-state index in [4.69, 9.17) is 16.6 Å². The van der Waals surface area contributed by atoms with Gasteiger partial charge in [0.2, 0.25) is 0 Å². The number of aromatic nitrogens is 6. The Balaban J connectivity index is 1.80. The van der Waals surface area contributed by atoms with Crippen LogP contribution < -0.4 is 0 Å². The molecule has 0 amide bonds. The summed E-state index contributed by atoms with van der Waals surface area (Å²) in [4.78, 5) is 8.68. The molecule has 8 heteroatoms. The second-order valence-corrected chi connectivity index (χ2v) is 6.71. The van der Waals surface area contributed by atoms with Crippen LogP contribution in [0.4, 0.5) is 0 Å². The number of hydrogen-bond donors (Lipinski definition) is 0. The zero-order valence-electron chi connectivity index (χ0n) is 13.5. The molecule has 2 heterocycles. The van der Waals surface area contributed by atoms with Gasteiger partial charge in [-0.05, 0) is 24.8 Å². The molecule has 1 aromatic carbocycles. The predicted molar refractivity (Wildman–Crippen MR) is 96.8 cm³/mol. The summed E-state index contributed by atoms with van der Waals surface area (Å²) >= 11 is 8.14. The lowest BCUT2D eigenvalue weighted by atomic mass is 10.2. The summed E-state index contributed by atoms with van der Waals surface area (Å²) in [5.41, 5.74) is 0.873. The number of benzene rings is 1. The Hall–Kier alpha value is -1.86. The average molecular weight is 363 g/mol. The smallest absolute Gasteiger partial charge is 0.152 e. The maximum Gasteiger partial charge on any atom is 0.152 e. The van der Waals surface area contributed by atoms with Crippen LogP contribution in [0.2, 0.25) is 5.02 Å². The first-order valence-corrected chi connectivity index (χ1v) is 9.56. The maximum atomic E-state index is 6.34. The van der Waals surface area contributed by atoms with Gasteiger partial charge in [0.15, 0.2) is 5.82 Å². The lowest BCUT2D eigenvalue weighted by molar-refractivity contribution is 0.565. The molecule has 0 fully saturated rings. The monoisotopic (exact) mass is 362 g/mol. The highest BCUT2D eigenvalue weighted by Gasteiger charge is 2.13. The molecule has 3 aromatic rings. The number of hydrogen-bond acceptors (Lipinski definition) is 5. The third-order valence-electron chi connectivity index (χ3n) is 3.58. The van der Waals surface area contributed by atoms with E-state index in [-0.39, 0.29) is 0 Å². The molecule has 0 radical (unpaired) electrons. The van der Waals surface area contributed by atoms with Crippen LogP contribution in [-0.2, 0) is 19.4 Å². The van der Waals surface area contributed by atoms with Crippen molar-refractivity contribution in [1.82, 2.24) is 29.5 Å². The second kappa shape index (κ2) is 8.30. The number of thioether (sulfide) groups is 1. The van der Waals surface area contributed by atoms with Crippen LogP contribution in [0.25, 0.3) is 5.69 Å². The minimum absolute atomic E-state index is 0.677. The summed E-state index contributed by atoms with van der Waals surface area (Å²) in [5, 5.41) is 9.47. The van der Waals surface area contributed by atoms with Gasteiger partial charge in [-0.3, -0.25) is 4.68 Å². The number of halogens is 1. The van der Waals surface area contributed by atoms with Crippen LogP contribution in [0.5, 0.6) is 0 Å². The van der Waals surface area contributed by atoms with Gasteiger partial charge in [0, 0.05) is 25.1 Å². The first-order chi connectivity index (χ1) is 11.8. The molecule has 2 aromatic heterocycles. The van der Waals surface area contributed by atoms with E-state index < -0.39 is 0 Å². The summed E-state index contributed by atoms with van der Waals surface area (Å²) in [6.45, 7) is 0.801. The Morgan fingerprint density at radius 3 is 2.83 bits per heavy atom. The van der Waals surface area contributed by atoms with Crippen LogP contribution in [0.15, 0.2) is 36.9 Å². The average Bonchev–Trinajstić information content (AvgIpc) is 3.23. The van der Waals surface area contributed by atoms with Crippen LogP contribution in [0.1, 0.15) is 18.1 Å². The minimum atomic E-state index is 0.677. The fourth-order valence-corrected chi connectivity index (χ4v) is 3.02. The summed E-state index contributed by atoms with van der Waals surface area (Å²) in [7, 11) is 0. The normalized spacial score (nSPS) is 11.1. The molecule has 0 N–H and O–H groups in total. The first kappa shape index (κ1) is 17.0. The van der Waals surface area contributed by atoms with Gasteiger partial charge >= 0.3 is 0 Å². The predicted octanol–water partition coefficient (Wildman–Crippen LogP) is 3.05. The largest absolute Gasteiger partial charge is 0.253 e. The van der Waals surface area contributed by atoms with E-state index >= 15 is 0 Å². The maximum absolute atomic E-state index is 6.34. The summed E-state index contributed by atoms with van der Waals surface area (Å²) in [6.07, 6.45) is 7.93. The molecule has 0 spiro atoms. The fraction of sp³-hybridized carbons (Fsp3) is 0.375. The number of aryl methyl sites for hydroxylation is 3. The molecule has 0 aliphatic heterocycles. The second-order valence-electron chi connectivity index (χ2n) is 5.31. The zero-order chi connectivity index (χ0) is 16.8. The van der Waals surface area contributed by atoms with Gasteiger partial charge in [0.25, 0.3) is 0 Å². The molecule has 0 aliphatic carbocycles. The summed E-state index contributed by atoms with van der Waals surface area (Å²) in [6, 6.07) is 7.72. The molecule has 0 unspecified atom stereocenters. The van der Waals surface area contributed by atoms with E-state index in [2.05, 4.69) is 21.4 Å². The molecule has 0 bridgehead atoms. The molecule has 24 heavy (non-hydrogen) atoms. The van der Waals surface area contributed by atoms with Crippen LogP contribution in [-0.4, -0.2) is 41.5 Å². The van der Waals surface area contributed by atoms with E-state index in [9.17, 15) is 0 Å². The van der Waals surface area contributed by atoms with Crippen molar-refractivity contribution in [2.24, 2.45) is 0 Å². The highest BCUT2D eigenvalue weighted by molar-refractivity contribution is 7.98. The highest BCUT2D eigenvalue weighted by atomic mass is 35.5. The zero-order valence-corrected chi connectivity index (χ0v) is 15.0. The van der Waals surface area contributed by atoms with Gasteiger partial charge in [-0.15, -0.1) is 0 Å². The van der Waals surface area contributed by atoms with Gasteiger partial charge in [-0.25, -0.2) is 14.6 Å². The van der Waals surface area contributed by atoms with Crippen molar-refractivity contribution in [1.29, 1.82) is 0 Å². The van der Waals surface area contributed by atoms with Gasteiger partial charge in [-0.1, -0.05) is 23.7 Å². The first-order valence-electron chi connectivity index (χ1n) is 7.79. The molecular formula is C16H19ClN6S. The molecule has 0 saturated heterocycles. The Morgan fingerprint density at radius 2 is 2.08 bits per heavy atom. The van der Waals surface area contributed by atoms with Gasteiger partial charge in [0.05, 0.1) is 10.7 Å².